The van der Waals surface area contributed by atoms with Crippen LogP contribution in [0.25, 0.3) is 0 Å². The minimum atomic E-state index is -3.18. The van der Waals surface area contributed by atoms with Crippen LogP contribution < -0.4 is 10.2 Å². The molecule has 0 unspecified atom stereocenters. The van der Waals surface area contributed by atoms with Gasteiger partial charge in [-0.25, -0.2) is 4.39 Å². The predicted molar refractivity (Wildman–Crippen MR) is 144 cm³/mol. The van der Waals surface area contributed by atoms with Crippen molar-refractivity contribution in [1.29, 1.82) is 0 Å². The normalized spacial score (nSPS) is 21.2. The number of hydrogen-bond donors (Lipinski definition) is 1. The molecule has 1 N–H and O–H groups in total. The Balaban J connectivity index is 0.00000336. The minimum absolute atomic E-state index is 0. The Kier molecular flexibility index (Phi) is 7.93. The fraction of sp³-hybridized carbons (Fsp3) is 0.429. The highest BCUT2D eigenvalue weighted by atomic mass is 35.5. The van der Waals surface area contributed by atoms with Crippen molar-refractivity contribution in [2.45, 2.75) is 50.7 Å². The number of nitrogens with zero attached hydrogens (tertiary/aromatic N) is 4. The van der Waals surface area contributed by atoms with Gasteiger partial charge in [-0.1, -0.05) is 56.3 Å². The van der Waals surface area contributed by atoms with Crippen molar-refractivity contribution in [2.24, 2.45) is 0 Å². The number of rotatable bonds is 6. The Bertz CT molecular complexity index is 1280. The third-order valence-corrected chi connectivity index (χ3v) is 7.44. The van der Waals surface area contributed by atoms with E-state index in [-0.39, 0.29) is 53.5 Å². The number of hydrogen-bond acceptors (Lipinski definition) is 4. The molecule has 1 aromatic heterocycles. The summed E-state index contributed by atoms with van der Waals surface area (Å²) in [6, 6.07) is 12.5. The number of alkyl halides is 2. The molecule has 2 atom stereocenters. The molecule has 1 saturated heterocycles. The number of carbonyl (C=O) groups is 1. The third-order valence-electron chi connectivity index (χ3n) is 7.44. The van der Waals surface area contributed by atoms with E-state index in [0.717, 1.165) is 5.56 Å². The van der Waals surface area contributed by atoms with Crippen LogP contribution in [0.5, 0.6) is 0 Å². The molecular formula is C28H33ClF3N5O. The Morgan fingerprint density at radius 3 is 2.58 bits per heavy atom. The van der Waals surface area contributed by atoms with E-state index < -0.39 is 11.7 Å². The quantitative estimate of drug-likeness (QED) is 0.491. The molecule has 1 fully saturated rings. The number of benzene rings is 2. The fourth-order valence-electron chi connectivity index (χ4n) is 5.44. The number of aromatic nitrogens is 2. The topological polar surface area (TPSA) is 53.4 Å². The van der Waals surface area contributed by atoms with Gasteiger partial charge in [0.1, 0.15) is 0 Å². The van der Waals surface area contributed by atoms with E-state index in [4.69, 9.17) is 0 Å². The molecule has 204 valence electrons. The maximum absolute atomic E-state index is 15.4. The molecule has 0 saturated carbocycles. The second kappa shape index (κ2) is 10.7. The monoisotopic (exact) mass is 547 g/mol. The van der Waals surface area contributed by atoms with Gasteiger partial charge in [0.2, 0.25) is 5.91 Å². The van der Waals surface area contributed by atoms with Crippen molar-refractivity contribution in [3.05, 3.63) is 83.4 Å². The number of amides is 1. The lowest BCUT2D eigenvalue weighted by atomic mass is 9.86. The molecule has 2 aromatic carbocycles. The molecule has 3 heterocycles. The molecule has 6 nitrogen and oxygen atoms in total. The molecule has 0 radical (unpaired) electrons. The first kappa shape index (κ1) is 28.1. The van der Waals surface area contributed by atoms with Gasteiger partial charge in [-0.15, -0.1) is 12.4 Å². The summed E-state index contributed by atoms with van der Waals surface area (Å²) in [6.07, 6.45) is 2.51. The van der Waals surface area contributed by atoms with Crippen molar-refractivity contribution >= 4 is 24.0 Å². The Morgan fingerprint density at radius 2 is 1.89 bits per heavy atom. The number of halogens is 4. The minimum Gasteiger partial charge on any atom is -0.311 e. The third kappa shape index (κ3) is 5.46. The van der Waals surface area contributed by atoms with E-state index in [2.05, 4.69) is 15.3 Å². The smallest absolute Gasteiger partial charge is 0.298 e. The summed E-state index contributed by atoms with van der Waals surface area (Å²) in [5, 5.41) is 7.46. The van der Waals surface area contributed by atoms with Gasteiger partial charge >= 0.3 is 0 Å². The van der Waals surface area contributed by atoms with Crippen molar-refractivity contribution < 1.29 is 18.0 Å². The van der Waals surface area contributed by atoms with Crippen molar-refractivity contribution in [2.75, 3.05) is 31.1 Å². The highest BCUT2D eigenvalue weighted by Gasteiger charge is 2.42. The molecule has 0 bridgehead atoms. The zero-order valence-corrected chi connectivity index (χ0v) is 22.5. The van der Waals surface area contributed by atoms with Crippen LogP contribution in [-0.4, -0.2) is 58.9 Å². The zero-order chi connectivity index (χ0) is 26.4. The van der Waals surface area contributed by atoms with Crippen LogP contribution in [0.3, 0.4) is 0 Å². The van der Waals surface area contributed by atoms with Crippen LogP contribution in [0.2, 0.25) is 0 Å². The number of anilines is 1. The summed E-state index contributed by atoms with van der Waals surface area (Å²) in [7, 11) is 0. The lowest BCUT2D eigenvalue weighted by molar-refractivity contribution is -0.120. The first-order valence-electron chi connectivity index (χ1n) is 12.6. The largest absolute Gasteiger partial charge is 0.311 e. The molecule has 2 aliphatic rings. The molecule has 5 rings (SSSR count). The number of nitrogens with one attached hydrogen (secondary N) is 1. The van der Waals surface area contributed by atoms with Gasteiger partial charge in [0.15, 0.2) is 5.82 Å². The molecule has 0 aliphatic carbocycles. The van der Waals surface area contributed by atoms with Gasteiger partial charge in [-0.05, 0) is 18.6 Å². The Labute approximate surface area is 227 Å². The van der Waals surface area contributed by atoms with Crippen LogP contribution in [0.15, 0.2) is 60.9 Å². The highest BCUT2D eigenvalue weighted by molar-refractivity contribution is 5.97. The zero-order valence-electron chi connectivity index (χ0n) is 21.7. The molecule has 2 aliphatic heterocycles. The summed E-state index contributed by atoms with van der Waals surface area (Å²) >= 11 is 0. The molecular weight excluding hydrogens is 515 g/mol. The molecule has 1 amide bonds. The summed E-state index contributed by atoms with van der Waals surface area (Å²) in [4.78, 5) is 17.4. The molecule has 38 heavy (non-hydrogen) atoms. The van der Waals surface area contributed by atoms with Gasteiger partial charge in [-0.2, -0.15) is 13.9 Å². The van der Waals surface area contributed by atoms with Crippen molar-refractivity contribution in [3.63, 3.8) is 0 Å². The molecule has 0 spiro atoms. The average molecular weight is 548 g/mol. The molecule has 10 heteroatoms. The van der Waals surface area contributed by atoms with E-state index in [1.54, 1.807) is 33.8 Å². The lowest BCUT2D eigenvalue weighted by Crippen LogP contribution is -2.59. The SMILES string of the molecule is C[C@@H]1CN(CC(=O)N2CC(C)(C)c3ccc(C(F)(F)c4ccccc4)cc32)[C@@H](Cn2cc(F)cn2)CN1.Cl. The highest BCUT2D eigenvalue weighted by Crippen LogP contribution is 2.44. The number of carbonyl (C=O) groups excluding carboxylic acids is 1. The second-order valence-electron chi connectivity index (χ2n) is 10.8. The van der Waals surface area contributed by atoms with Crippen molar-refractivity contribution in [3.8, 4) is 0 Å². The van der Waals surface area contributed by atoms with Gasteiger partial charge < -0.3 is 10.2 Å². The van der Waals surface area contributed by atoms with Gasteiger partial charge in [0, 0.05) is 53.9 Å². The van der Waals surface area contributed by atoms with Gasteiger partial charge in [-0.3, -0.25) is 14.4 Å². The second-order valence-corrected chi connectivity index (χ2v) is 10.8. The van der Waals surface area contributed by atoms with Gasteiger partial charge in [0.05, 0.1) is 25.5 Å². The van der Waals surface area contributed by atoms with E-state index in [1.165, 1.54) is 36.7 Å². The van der Waals surface area contributed by atoms with E-state index >= 15 is 8.78 Å². The van der Waals surface area contributed by atoms with Crippen LogP contribution >= 0.6 is 12.4 Å². The lowest BCUT2D eigenvalue weighted by Gasteiger charge is -2.39. The van der Waals surface area contributed by atoms with Crippen molar-refractivity contribution in [1.82, 2.24) is 20.0 Å². The van der Waals surface area contributed by atoms with E-state index in [1.807, 2.05) is 20.8 Å². The molecule has 3 aromatic rings. The summed E-state index contributed by atoms with van der Waals surface area (Å²) in [5.41, 5.74) is 0.830. The van der Waals surface area contributed by atoms with Crippen LogP contribution in [0.1, 0.15) is 37.5 Å². The first-order valence-corrected chi connectivity index (χ1v) is 12.6. The number of piperazine rings is 1. The Morgan fingerprint density at radius 1 is 1.16 bits per heavy atom. The summed E-state index contributed by atoms with van der Waals surface area (Å²) in [5.74, 6) is -3.73. The first-order chi connectivity index (χ1) is 17.5. The standard InChI is InChI=1S/C28H32F3N5O.ClH/c1-19-14-34(23(13-32-19)16-35-15-22(29)12-33-35)17-26(37)36-18-27(2,3)24-10-9-21(11-25(24)36)28(30,31)20-7-5-4-6-8-20;/h4-12,15,19,23,32H,13-14,16-18H2,1-3H3;1H/t19-,23-;/m1./s1. The maximum atomic E-state index is 15.4. The van der Waals surface area contributed by atoms with Crippen LogP contribution in [0, 0.1) is 5.82 Å². The number of fused-ring (bicyclic) bond motifs is 1. The predicted octanol–water partition coefficient (Wildman–Crippen LogP) is 4.57. The van der Waals surface area contributed by atoms with E-state index in [0.29, 0.717) is 31.9 Å². The summed E-state index contributed by atoms with van der Waals surface area (Å²) in [6.45, 7) is 8.35. The fourth-order valence-corrected chi connectivity index (χ4v) is 5.44. The summed E-state index contributed by atoms with van der Waals surface area (Å²) < 4.78 is 45.8. The van der Waals surface area contributed by atoms with Crippen LogP contribution in [0.4, 0.5) is 18.9 Å². The van der Waals surface area contributed by atoms with Crippen LogP contribution in [-0.2, 0) is 22.7 Å². The maximum Gasteiger partial charge on any atom is 0.298 e. The Hall–Kier alpha value is -2.88. The average Bonchev–Trinajstić information content (AvgIpc) is 3.40. The van der Waals surface area contributed by atoms with E-state index in [9.17, 15) is 9.18 Å². The van der Waals surface area contributed by atoms with Gasteiger partial charge in [0.25, 0.3) is 5.92 Å².